The molecule has 0 spiro atoms. The minimum absolute atomic E-state index is 0.0191. The van der Waals surface area contributed by atoms with Crippen molar-refractivity contribution in [3.63, 3.8) is 0 Å². The highest BCUT2D eigenvalue weighted by Gasteiger charge is 2.40. The molecule has 27 heavy (non-hydrogen) atoms. The monoisotopic (exact) mass is 363 g/mol. The summed E-state index contributed by atoms with van der Waals surface area (Å²) in [5.74, 6) is 1.90. The SMILES string of the molecule is C[C@H]1CN(c2cc(C3=NCc4ccc(OC5(C)CC5)cc43)ncn2)CCN1. The molecule has 2 fully saturated rings. The Balaban J connectivity index is 1.43. The van der Waals surface area contributed by atoms with Crippen LogP contribution in [-0.2, 0) is 6.54 Å². The molecule has 1 aromatic carbocycles. The Kier molecular flexibility index (Phi) is 3.90. The molecule has 0 amide bonds. The van der Waals surface area contributed by atoms with E-state index in [9.17, 15) is 0 Å². The zero-order valence-corrected chi connectivity index (χ0v) is 15.9. The van der Waals surface area contributed by atoms with E-state index in [0.717, 1.165) is 61.0 Å². The number of fused-ring (bicyclic) bond motifs is 1. The van der Waals surface area contributed by atoms with Crippen LogP contribution in [-0.4, -0.2) is 47.0 Å². The number of anilines is 1. The number of hydrogen-bond acceptors (Lipinski definition) is 6. The van der Waals surface area contributed by atoms with Crippen molar-refractivity contribution in [1.29, 1.82) is 0 Å². The van der Waals surface area contributed by atoms with Crippen LogP contribution in [0.15, 0.2) is 35.6 Å². The van der Waals surface area contributed by atoms with Gasteiger partial charge in [-0.05, 0) is 44.4 Å². The fourth-order valence-electron chi connectivity index (χ4n) is 3.80. The summed E-state index contributed by atoms with van der Waals surface area (Å²) in [6, 6.07) is 8.85. The smallest absolute Gasteiger partial charge is 0.132 e. The minimum atomic E-state index is 0.0191. The van der Waals surface area contributed by atoms with E-state index >= 15 is 0 Å². The second-order valence-electron chi connectivity index (χ2n) is 8.10. The Bertz CT molecular complexity index is 905. The van der Waals surface area contributed by atoms with Gasteiger partial charge in [0.1, 0.15) is 23.5 Å². The first-order chi connectivity index (χ1) is 13.1. The summed E-state index contributed by atoms with van der Waals surface area (Å²) in [4.78, 5) is 16.1. The molecule has 140 valence electrons. The van der Waals surface area contributed by atoms with E-state index in [4.69, 9.17) is 9.73 Å². The molecule has 3 heterocycles. The first-order valence-electron chi connectivity index (χ1n) is 9.77. The molecule has 1 saturated carbocycles. The summed E-state index contributed by atoms with van der Waals surface area (Å²) in [6.45, 7) is 7.96. The van der Waals surface area contributed by atoms with Gasteiger partial charge >= 0.3 is 0 Å². The van der Waals surface area contributed by atoms with Gasteiger partial charge in [0, 0.05) is 37.3 Å². The first kappa shape index (κ1) is 16.7. The molecular weight excluding hydrogens is 338 g/mol. The third-order valence-corrected chi connectivity index (χ3v) is 5.65. The Morgan fingerprint density at radius 3 is 2.93 bits per heavy atom. The Hall–Kier alpha value is -2.47. The molecule has 2 aromatic rings. The average molecular weight is 363 g/mol. The predicted molar refractivity (Wildman–Crippen MR) is 106 cm³/mol. The Labute approximate surface area is 159 Å². The van der Waals surface area contributed by atoms with Crippen molar-refractivity contribution in [2.75, 3.05) is 24.5 Å². The van der Waals surface area contributed by atoms with Crippen molar-refractivity contribution in [2.45, 2.75) is 44.9 Å². The van der Waals surface area contributed by atoms with E-state index < -0.39 is 0 Å². The number of rotatable bonds is 4. The van der Waals surface area contributed by atoms with Crippen molar-refractivity contribution in [3.05, 3.63) is 47.4 Å². The molecule has 1 aliphatic carbocycles. The lowest BCUT2D eigenvalue weighted by Gasteiger charge is -2.32. The van der Waals surface area contributed by atoms with Gasteiger partial charge < -0.3 is 15.0 Å². The molecular formula is C21H25N5O. The standard InChI is InChI=1S/C21H25N5O/c1-14-12-26(8-7-22-14)19-10-18(24-13-25-19)20-17-9-16(27-21(2)5-6-21)4-3-15(17)11-23-20/h3-4,9-10,13-14,22H,5-8,11-12H2,1-2H3/t14-/m0/s1. The molecule has 1 aromatic heterocycles. The highest BCUT2D eigenvalue weighted by atomic mass is 16.5. The largest absolute Gasteiger partial charge is 0.488 e. The third kappa shape index (κ3) is 3.30. The Morgan fingerprint density at radius 1 is 1.22 bits per heavy atom. The fraction of sp³-hybridized carbons (Fsp3) is 0.476. The zero-order valence-electron chi connectivity index (χ0n) is 15.9. The van der Waals surface area contributed by atoms with Crippen LogP contribution in [0, 0.1) is 0 Å². The van der Waals surface area contributed by atoms with E-state index in [2.05, 4.69) is 58.3 Å². The lowest BCUT2D eigenvalue weighted by Crippen LogP contribution is -2.49. The quantitative estimate of drug-likeness (QED) is 0.905. The van der Waals surface area contributed by atoms with Crippen molar-refractivity contribution >= 4 is 11.5 Å². The van der Waals surface area contributed by atoms with Crippen molar-refractivity contribution in [2.24, 2.45) is 4.99 Å². The van der Waals surface area contributed by atoms with Crippen LogP contribution in [0.25, 0.3) is 0 Å². The lowest BCUT2D eigenvalue weighted by atomic mass is 10.0. The molecule has 2 aliphatic heterocycles. The van der Waals surface area contributed by atoms with E-state index in [1.54, 1.807) is 6.33 Å². The second-order valence-corrected chi connectivity index (χ2v) is 8.10. The number of nitrogens with zero attached hydrogens (tertiary/aromatic N) is 4. The van der Waals surface area contributed by atoms with Gasteiger partial charge in [-0.2, -0.15) is 0 Å². The first-order valence-corrected chi connectivity index (χ1v) is 9.77. The molecule has 0 unspecified atom stereocenters. The van der Waals surface area contributed by atoms with Crippen molar-refractivity contribution < 1.29 is 4.74 Å². The fourth-order valence-corrected chi connectivity index (χ4v) is 3.80. The maximum atomic E-state index is 6.15. The van der Waals surface area contributed by atoms with E-state index in [1.165, 1.54) is 5.56 Å². The van der Waals surface area contributed by atoms with Gasteiger partial charge in [0.2, 0.25) is 0 Å². The van der Waals surface area contributed by atoms with Crippen LogP contribution in [0.4, 0.5) is 5.82 Å². The zero-order chi connectivity index (χ0) is 18.4. The molecule has 1 N–H and O–H groups in total. The summed E-state index contributed by atoms with van der Waals surface area (Å²) in [5, 5.41) is 3.47. The van der Waals surface area contributed by atoms with Crippen LogP contribution >= 0.6 is 0 Å². The highest BCUT2D eigenvalue weighted by Crippen LogP contribution is 2.40. The summed E-state index contributed by atoms with van der Waals surface area (Å²) in [7, 11) is 0. The van der Waals surface area contributed by atoms with Crippen molar-refractivity contribution in [1.82, 2.24) is 15.3 Å². The normalized spacial score (nSPS) is 23.0. The van der Waals surface area contributed by atoms with Crippen molar-refractivity contribution in [3.8, 4) is 5.75 Å². The predicted octanol–water partition coefficient (Wildman–Crippen LogP) is 2.56. The number of nitrogens with one attached hydrogen (secondary N) is 1. The number of aliphatic imine (C=N–C) groups is 1. The molecule has 0 radical (unpaired) electrons. The molecule has 1 saturated heterocycles. The summed E-state index contributed by atoms with van der Waals surface area (Å²) < 4.78 is 6.15. The van der Waals surface area contributed by atoms with Crippen LogP contribution in [0.2, 0.25) is 0 Å². The van der Waals surface area contributed by atoms with E-state index in [0.29, 0.717) is 12.6 Å². The number of ether oxygens (including phenoxy) is 1. The van der Waals surface area contributed by atoms with Gasteiger partial charge in [-0.1, -0.05) is 6.07 Å². The van der Waals surface area contributed by atoms with Crippen LogP contribution < -0.4 is 15.0 Å². The second kappa shape index (κ2) is 6.30. The summed E-state index contributed by atoms with van der Waals surface area (Å²) in [5.41, 5.74) is 4.22. The third-order valence-electron chi connectivity index (χ3n) is 5.65. The number of hydrogen-bond donors (Lipinski definition) is 1. The molecule has 5 rings (SSSR count). The number of aromatic nitrogens is 2. The number of piperazine rings is 1. The molecule has 6 nitrogen and oxygen atoms in total. The van der Waals surface area contributed by atoms with E-state index in [-0.39, 0.29) is 5.60 Å². The molecule has 1 atom stereocenters. The highest BCUT2D eigenvalue weighted by molar-refractivity contribution is 6.14. The molecule has 0 bridgehead atoms. The summed E-state index contributed by atoms with van der Waals surface area (Å²) >= 11 is 0. The topological polar surface area (TPSA) is 62.6 Å². The van der Waals surface area contributed by atoms with Crippen LogP contribution in [0.5, 0.6) is 5.75 Å². The van der Waals surface area contributed by atoms with Gasteiger partial charge in [-0.25, -0.2) is 9.97 Å². The van der Waals surface area contributed by atoms with Gasteiger partial charge in [0.05, 0.1) is 18.0 Å². The lowest BCUT2D eigenvalue weighted by molar-refractivity contribution is 0.200. The maximum absolute atomic E-state index is 6.15. The van der Waals surface area contributed by atoms with Gasteiger partial charge in [0.15, 0.2) is 0 Å². The number of benzene rings is 1. The van der Waals surface area contributed by atoms with Gasteiger partial charge in [0.25, 0.3) is 0 Å². The maximum Gasteiger partial charge on any atom is 0.132 e. The van der Waals surface area contributed by atoms with Crippen LogP contribution in [0.1, 0.15) is 43.5 Å². The van der Waals surface area contributed by atoms with Crippen LogP contribution in [0.3, 0.4) is 0 Å². The Morgan fingerprint density at radius 2 is 2.11 bits per heavy atom. The van der Waals surface area contributed by atoms with Gasteiger partial charge in [-0.3, -0.25) is 4.99 Å². The summed E-state index contributed by atoms with van der Waals surface area (Å²) in [6.07, 6.45) is 3.91. The molecule has 3 aliphatic rings. The van der Waals surface area contributed by atoms with E-state index in [1.807, 2.05) is 0 Å². The van der Waals surface area contributed by atoms with Gasteiger partial charge in [-0.15, -0.1) is 0 Å². The minimum Gasteiger partial charge on any atom is -0.488 e. The molecule has 6 heteroatoms. The average Bonchev–Trinajstić information content (AvgIpc) is 3.25.